The number of rotatable bonds is 2. The zero-order valence-electron chi connectivity index (χ0n) is 9.68. The van der Waals surface area contributed by atoms with E-state index in [1.54, 1.807) is 0 Å². The maximum atomic E-state index is 11.9. The first-order valence-electron chi connectivity index (χ1n) is 5.07. The van der Waals surface area contributed by atoms with Gasteiger partial charge in [0.2, 0.25) is 0 Å². The lowest BCUT2D eigenvalue weighted by atomic mass is 10.2. The van der Waals surface area contributed by atoms with Crippen LogP contribution in [0.15, 0.2) is 28.1 Å². The Kier molecular flexibility index (Phi) is 3.41. The number of pyridine rings is 1. The molecule has 0 fully saturated rings. The van der Waals surface area contributed by atoms with Gasteiger partial charge in [-0.3, -0.25) is 9.59 Å². The molecule has 0 aliphatic carbocycles. The van der Waals surface area contributed by atoms with Gasteiger partial charge >= 0.3 is 0 Å². The normalized spacial score (nSPS) is 10.0. The van der Waals surface area contributed by atoms with Crippen LogP contribution in [0, 0.1) is 0 Å². The van der Waals surface area contributed by atoms with E-state index in [0.29, 0.717) is 21.7 Å². The van der Waals surface area contributed by atoms with Crippen molar-refractivity contribution in [3.05, 3.63) is 49.6 Å². The van der Waals surface area contributed by atoms with Crippen molar-refractivity contribution >= 4 is 28.4 Å². The predicted molar refractivity (Wildman–Crippen MR) is 69.6 cm³/mol. The second-order valence-electron chi connectivity index (χ2n) is 3.57. The zero-order valence-corrected chi connectivity index (χ0v) is 10.4. The summed E-state index contributed by atoms with van der Waals surface area (Å²) >= 11 is 5.93. The number of amides is 1. The Hall–Kier alpha value is -2.50. The van der Waals surface area contributed by atoms with Crippen LogP contribution in [0.4, 0.5) is 0 Å². The highest BCUT2D eigenvalue weighted by Crippen LogP contribution is 2.27. The first kappa shape index (κ1) is 12.9. The molecule has 0 bridgehead atoms. The van der Waals surface area contributed by atoms with Gasteiger partial charge in [0.25, 0.3) is 5.91 Å². The quantitative estimate of drug-likeness (QED) is 0.518. The number of H-pyrrole nitrogens is 1. The average molecular weight is 279 g/mol. The maximum absolute atomic E-state index is 11.9. The van der Waals surface area contributed by atoms with Gasteiger partial charge in [0, 0.05) is 16.4 Å². The Morgan fingerprint density at radius 3 is 2.84 bits per heavy atom. The molecular weight excluding hydrogens is 272 g/mol. The lowest BCUT2D eigenvalue weighted by molar-refractivity contribution is 0.0996. The van der Waals surface area contributed by atoms with E-state index in [0.717, 1.165) is 6.07 Å². The van der Waals surface area contributed by atoms with E-state index >= 15 is 0 Å². The lowest BCUT2D eigenvalue weighted by Gasteiger charge is -2.06. The molecule has 96 valence electrons. The molecule has 2 rings (SSSR count). The lowest BCUT2D eigenvalue weighted by Crippen LogP contribution is -2.08. The summed E-state index contributed by atoms with van der Waals surface area (Å²) in [7, 11) is 1.43. The van der Waals surface area contributed by atoms with Gasteiger partial charge in [-0.2, -0.15) is 0 Å². The number of aromatic nitrogens is 1. The smallest absolute Gasteiger partial charge is 0.265 e. The Morgan fingerprint density at radius 1 is 1.47 bits per heavy atom. The fraction of sp³-hybridized carbons (Fsp3) is 0.0909. The summed E-state index contributed by atoms with van der Waals surface area (Å²) in [6.07, 6.45) is 0. The monoisotopic (exact) mass is 278 g/mol. The van der Waals surface area contributed by atoms with Gasteiger partial charge in [-0.15, -0.1) is 0 Å². The number of nitrogens with zero attached hydrogens (tertiary/aromatic N) is 3. The predicted octanol–water partition coefficient (Wildman–Crippen LogP) is 2.64. The fourth-order valence-corrected chi connectivity index (χ4v) is 1.86. The molecule has 0 aliphatic heterocycles. The molecule has 0 saturated heterocycles. The number of hydrogen-bond acceptors (Lipinski definition) is 3. The number of nitrogens with one attached hydrogen (secondary N) is 1. The van der Waals surface area contributed by atoms with Gasteiger partial charge in [0.15, 0.2) is 5.43 Å². The number of hydrogen-bond donors (Lipinski definition) is 1. The van der Waals surface area contributed by atoms with Crippen molar-refractivity contribution in [2.24, 2.45) is 5.11 Å². The first-order chi connectivity index (χ1) is 9.06. The largest absolute Gasteiger partial charge is 0.495 e. The molecular formula is C11H7ClN4O3. The van der Waals surface area contributed by atoms with Crippen LogP contribution in [-0.2, 0) is 0 Å². The van der Waals surface area contributed by atoms with Crippen molar-refractivity contribution < 1.29 is 9.53 Å². The number of ether oxygens (including phenoxy) is 1. The summed E-state index contributed by atoms with van der Waals surface area (Å²) in [5, 5.41) is 3.52. The minimum Gasteiger partial charge on any atom is -0.495 e. The summed E-state index contributed by atoms with van der Waals surface area (Å²) in [6.45, 7) is 0. The SMILES string of the molecule is COc1cc2c(=O)cc(C(=O)N=[N+]=[N-])[nH]c2cc1Cl. The minimum atomic E-state index is -0.867. The van der Waals surface area contributed by atoms with Crippen molar-refractivity contribution in [2.45, 2.75) is 0 Å². The van der Waals surface area contributed by atoms with E-state index in [-0.39, 0.29) is 5.69 Å². The molecule has 1 amide bonds. The molecule has 1 heterocycles. The number of methoxy groups -OCH3 is 1. The van der Waals surface area contributed by atoms with E-state index in [4.69, 9.17) is 21.9 Å². The van der Waals surface area contributed by atoms with Crippen LogP contribution in [0.5, 0.6) is 5.75 Å². The van der Waals surface area contributed by atoms with Crippen molar-refractivity contribution in [1.82, 2.24) is 4.98 Å². The van der Waals surface area contributed by atoms with Crippen LogP contribution in [0.1, 0.15) is 10.5 Å². The molecule has 1 N–H and O–H groups in total. The molecule has 7 nitrogen and oxygen atoms in total. The molecule has 0 unspecified atom stereocenters. The number of carbonyl (C=O) groups is 1. The Bertz CT molecular complexity index is 777. The minimum absolute atomic E-state index is 0.100. The number of azide groups is 1. The second kappa shape index (κ2) is 5.01. The molecule has 1 aromatic carbocycles. The van der Waals surface area contributed by atoms with Gasteiger partial charge in [0.1, 0.15) is 5.75 Å². The molecule has 19 heavy (non-hydrogen) atoms. The summed E-state index contributed by atoms with van der Waals surface area (Å²) in [4.78, 5) is 28.3. The summed E-state index contributed by atoms with van der Waals surface area (Å²) in [5.74, 6) is -0.512. The van der Waals surface area contributed by atoms with Crippen LogP contribution in [0.3, 0.4) is 0 Å². The highest BCUT2D eigenvalue weighted by Gasteiger charge is 2.11. The molecule has 2 aromatic rings. The average Bonchev–Trinajstić information content (AvgIpc) is 2.38. The molecule has 1 aromatic heterocycles. The number of fused-ring (bicyclic) bond motifs is 1. The molecule has 0 radical (unpaired) electrons. The molecule has 8 heteroatoms. The summed E-state index contributed by atoms with van der Waals surface area (Å²) in [6, 6.07) is 4.00. The number of halogens is 1. The van der Waals surface area contributed by atoms with Gasteiger partial charge in [-0.1, -0.05) is 11.6 Å². The summed E-state index contributed by atoms with van der Waals surface area (Å²) < 4.78 is 5.01. The molecule has 0 saturated carbocycles. The van der Waals surface area contributed by atoms with E-state index < -0.39 is 11.3 Å². The van der Waals surface area contributed by atoms with Crippen LogP contribution in [-0.4, -0.2) is 18.0 Å². The third kappa shape index (κ3) is 2.37. The molecule has 0 spiro atoms. The Labute approximate surface area is 111 Å². The first-order valence-corrected chi connectivity index (χ1v) is 5.44. The molecule has 0 aliphatic rings. The van der Waals surface area contributed by atoms with Gasteiger partial charge in [-0.25, -0.2) is 0 Å². The van der Waals surface area contributed by atoms with Crippen molar-refractivity contribution in [3.8, 4) is 5.75 Å². The van der Waals surface area contributed by atoms with E-state index in [9.17, 15) is 9.59 Å². The highest BCUT2D eigenvalue weighted by molar-refractivity contribution is 6.32. The third-order valence-corrected chi connectivity index (χ3v) is 2.76. The van der Waals surface area contributed by atoms with E-state index in [1.807, 2.05) is 0 Å². The number of carbonyl (C=O) groups excluding carboxylic acids is 1. The standard InChI is InChI=1S/C11H7ClN4O3/c1-19-10-2-5-7(3-6(10)12)14-8(4-9(5)17)11(18)15-16-13/h2-4H,1H3,(H,14,17). The molecule has 0 atom stereocenters. The van der Waals surface area contributed by atoms with Crippen LogP contribution in [0.25, 0.3) is 21.3 Å². The maximum Gasteiger partial charge on any atom is 0.265 e. The topological polar surface area (TPSA) is 108 Å². The fourth-order valence-electron chi connectivity index (χ4n) is 1.62. The third-order valence-electron chi connectivity index (χ3n) is 2.47. The van der Waals surface area contributed by atoms with Crippen molar-refractivity contribution in [2.75, 3.05) is 7.11 Å². The van der Waals surface area contributed by atoms with E-state index in [1.165, 1.54) is 19.2 Å². The van der Waals surface area contributed by atoms with Gasteiger partial charge in [0.05, 0.1) is 23.3 Å². The summed E-state index contributed by atoms with van der Waals surface area (Å²) in [5.41, 5.74) is 8.05. The van der Waals surface area contributed by atoms with Crippen LogP contribution < -0.4 is 10.2 Å². The van der Waals surface area contributed by atoms with Gasteiger partial charge in [-0.05, 0) is 22.8 Å². The Morgan fingerprint density at radius 2 is 2.21 bits per heavy atom. The highest BCUT2D eigenvalue weighted by atomic mass is 35.5. The number of aromatic amines is 1. The van der Waals surface area contributed by atoms with Crippen LogP contribution in [0.2, 0.25) is 5.02 Å². The number of benzene rings is 1. The van der Waals surface area contributed by atoms with Crippen molar-refractivity contribution in [3.63, 3.8) is 0 Å². The van der Waals surface area contributed by atoms with Crippen LogP contribution >= 0.6 is 11.6 Å². The van der Waals surface area contributed by atoms with Crippen molar-refractivity contribution in [1.29, 1.82) is 0 Å². The van der Waals surface area contributed by atoms with Gasteiger partial charge < -0.3 is 9.72 Å². The van der Waals surface area contributed by atoms with E-state index in [2.05, 4.69) is 15.0 Å². The second-order valence-corrected chi connectivity index (χ2v) is 3.98. The Balaban J connectivity index is 2.74. The zero-order chi connectivity index (χ0) is 14.0.